The molecule has 0 spiro atoms. The second-order valence-electron chi connectivity index (χ2n) is 10.5. The molecule has 0 aliphatic heterocycles. The number of fused-ring (bicyclic) bond motifs is 3. The van der Waals surface area contributed by atoms with E-state index in [1.54, 1.807) is 4.50 Å². The number of hydrogen-bond donors (Lipinski definition) is 0. The number of nitrogens with zero attached hydrogens (tertiary/aromatic N) is 1. The molecule has 5 rings (SSSR count). The van der Waals surface area contributed by atoms with E-state index in [1.807, 2.05) is 11.3 Å². The second-order valence-corrected chi connectivity index (χ2v) is 18.9. The predicted octanol–water partition coefficient (Wildman–Crippen LogP) is 10.1. The molecule has 4 heteroatoms. The van der Waals surface area contributed by atoms with Crippen LogP contribution in [0.5, 0.6) is 0 Å². The van der Waals surface area contributed by atoms with Crippen LogP contribution in [0.1, 0.15) is 46.4 Å². The monoisotopic (exact) mass is 513 g/mol. The third kappa shape index (κ3) is 4.06. The zero-order valence-electron chi connectivity index (χ0n) is 21.6. The summed E-state index contributed by atoms with van der Waals surface area (Å²) in [5, 5.41) is 2.61. The fourth-order valence-corrected chi connectivity index (χ4v) is 17.4. The lowest BCUT2D eigenvalue weighted by Gasteiger charge is -2.42. The van der Waals surface area contributed by atoms with Crippen LogP contribution < -0.4 is 4.50 Å². The average molecular weight is 514 g/mol. The van der Waals surface area contributed by atoms with E-state index in [0.717, 1.165) is 16.6 Å². The third-order valence-electron chi connectivity index (χ3n) is 7.77. The van der Waals surface area contributed by atoms with Gasteiger partial charge in [0.15, 0.2) is 0 Å². The molecule has 0 atom stereocenters. The normalized spacial score (nSPS) is 12.9. The van der Waals surface area contributed by atoms with E-state index >= 15 is 0 Å². The van der Waals surface area contributed by atoms with Crippen molar-refractivity contribution in [3.63, 3.8) is 0 Å². The van der Waals surface area contributed by atoms with Gasteiger partial charge in [0.1, 0.15) is 8.07 Å². The first-order valence-corrected chi connectivity index (χ1v) is 16.6. The minimum absolute atomic E-state index is 0.738. The van der Waals surface area contributed by atoms with Crippen molar-refractivity contribution in [1.82, 2.24) is 4.57 Å². The Bertz CT molecular complexity index is 1420. The van der Waals surface area contributed by atoms with Gasteiger partial charge in [0, 0.05) is 31.6 Å². The molecule has 0 fully saturated rings. The smallest absolute Gasteiger partial charge is 0.107 e. The lowest BCUT2D eigenvalue weighted by molar-refractivity contribution is 0.837. The maximum atomic E-state index is 2.46. The van der Waals surface area contributed by atoms with Crippen LogP contribution in [0, 0.1) is 0 Å². The average Bonchev–Trinajstić information content (AvgIpc) is 3.55. The number of thiophene rings is 2. The third-order valence-corrected chi connectivity index (χ3v) is 18.0. The quantitative estimate of drug-likeness (QED) is 0.191. The Morgan fingerprint density at radius 2 is 1.14 bits per heavy atom. The highest BCUT2D eigenvalue weighted by atomic mass is 32.1. The summed E-state index contributed by atoms with van der Waals surface area (Å²) in [5.74, 6) is 0. The SMILES string of the molecule is CC(C)[Si](c1ccc(-c2ccc(/C=C/n3c4ccccc4c4ccccc43)s2)s1)(C(C)C)C(C)C. The van der Waals surface area contributed by atoms with Gasteiger partial charge in [-0.05, 0) is 57.5 Å². The highest BCUT2D eigenvalue weighted by Gasteiger charge is 2.45. The Morgan fingerprint density at radius 3 is 1.71 bits per heavy atom. The minimum Gasteiger partial charge on any atom is -0.316 e. The highest BCUT2D eigenvalue weighted by Crippen LogP contribution is 2.44. The number of para-hydroxylation sites is 2. The Hall–Kier alpha value is -2.40. The Balaban J connectivity index is 1.48. The van der Waals surface area contributed by atoms with Crippen molar-refractivity contribution in [3.05, 3.63) is 77.7 Å². The van der Waals surface area contributed by atoms with Crippen molar-refractivity contribution < 1.29 is 0 Å². The maximum Gasteiger partial charge on any atom is 0.107 e. The molecule has 5 aromatic rings. The number of hydrogen-bond acceptors (Lipinski definition) is 2. The summed E-state index contributed by atoms with van der Waals surface area (Å²) in [7, 11) is -1.61. The highest BCUT2D eigenvalue weighted by molar-refractivity contribution is 7.31. The summed E-state index contributed by atoms with van der Waals surface area (Å²) < 4.78 is 3.99. The lowest BCUT2D eigenvalue weighted by atomic mass is 10.2. The molecule has 0 aliphatic rings. The van der Waals surface area contributed by atoms with E-state index in [2.05, 4.69) is 143 Å². The standard InChI is InChI=1S/C31H35NS2Si/c1-21(2)35(22(3)4,23(5)6)31-18-17-30(34-31)29-16-15-24(33-29)19-20-32-27-13-9-7-11-25(27)26-12-8-10-14-28(26)32/h7-23H,1-6H3/b20-19+. The second kappa shape index (κ2) is 9.57. The van der Waals surface area contributed by atoms with Gasteiger partial charge in [0.2, 0.25) is 0 Å². The fourth-order valence-electron chi connectivity index (χ4n) is 6.39. The number of aromatic nitrogens is 1. The van der Waals surface area contributed by atoms with Gasteiger partial charge < -0.3 is 4.57 Å². The molecular weight excluding hydrogens is 479 g/mol. The van der Waals surface area contributed by atoms with Crippen LogP contribution in [-0.2, 0) is 0 Å². The van der Waals surface area contributed by atoms with Crippen LogP contribution in [0.4, 0.5) is 0 Å². The van der Waals surface area contributed by atoms with Gasteiger partial charge in [-0.15, -0.1) is 22.7 Å². The fraction of sp³-hybridized carbons (Fsp3) is 0.290. The molecule has 0 saturated heterocycles. The van der Waals surface area contributed by atoms with Gasteiger partial charge in [-0.3, -0.25) is 0 Å². The Kier molecular flexibility index (Phi) is 6.64. The summed E-state index contributed by atoms with van der Waals surface area (Å²) >= 11 is 3.95. The molecule has 0 saturated carbocycles. The van der Waals surface area contributed by atoms with E-state index in [0.29, 0.717) is 0 Å². The van der Waals surface area contributed by atoms with Crippen molar-refractivity contribution in [1.29, 1.82) is 0 Å². The molecule has 3 heterocycles. The zero-order valence-corrected chi connectivity index (χ0v) is 24.2. The first-order chi connectivity index (χ1) is 16.8. The maximum absolute atomic E-state index is 2.46. The molecule has 0 N–H and O–H groups in total. The summed E-state index contributed by atoms with van der Waals surface area (Å²) in [5.41, 5.74) is 4.72. The van der Waals surface area contributed by atoms with Crippen LogP contribution in [-0.4, -0.2) is 12.6 Å². The van der Waals surface area contributed by atoms with Gasteiger partial charge in [-0.25, -0.2) is 0 Å². The van der Waals surface area contributed by atoms with Crippen molar-refractivity contribution in [2.24, 2.45) is 0 Å². The van der Waals surface area contributed by atoms with E-state index in [-0.39, 0.29) is 0 Å². The van der Waals surface area contributed by atoms with Gasteiger partial charge in [0.25, 0.3) is 0 Å². The van der Waals surface area contributed by atoms with Crippen molar-refractivity contribution in [2.75, 3.05) is 0 Å². The minimum atomic E-state index is -1.61. The van der Waals surface area contributed by atoms with Crippen LogP contribution in [0.25, 0.3) is 43.8 Å². The molecule has 3 aromatic heterocycles. The topological polar surface area (TPSA) is 4.93 Å². The largest absolute Gasteiger partial charge is 0.316 e. The molecule has 0 radical (unpaired) electrons. The predicted molar refractivity (Wildman–Crippen MR) is 163 cm³/mol. The van der Waals surface area contributed by atoms with E-state index in [4.69, 9.17) is 0 Å². The Labute approximate surface area is 218 Å². The zero-order chi connectivity index (χ0) is 24.7. The van der Waals surface area contributed by atoms with Gasteiger partial charge in [-0.2, -0.15) is 0 Å². The summed E-state index contributed by atoms with van der Waals surface area (Å²) in [4.78, 5) is 4.08. The van der Waals surface area contributed by atoms with Crippen LogP contribution in [0.3, 0.4) is 0 Å². The van der Waals surface area contributed by atoms with Crippen LogP contribution in [0.2, 0.25) is 16.6 Å². The number of benzene rings is 2. The van der Waals surface area contributed by atoms with E-state index in [9.17, 15) is 0 Å². The molecule has 2 aromatic carbocycles. The molecule has 0 aliphatic carbocycles. The molecular formula is C31H35NS2Si. The summed E-state index contributed by atoms with van der Waals surface area (Å²) in [6, 6.07) is 26.7. The van der Waals surface area contributed by atoms with Crippen LogP contribution >= 0.6 is 22.7 Å². The molecule has 0 unspecified atom stereocenters. The van der Waals surface area contributed by atoms with Gasteiger partial charge in [0.05, 0.1) is 11.0 Å². The van der Waals surface area contributed by atoms with Crippen molar-refractivity contribution in [3.8, 4) is 9.75 Å². The number of rotatable bonds is 7. The van der Waals surface area contributed by atoms with Gasteiger partial charge >= 0.3 is 0 Å². The first-order valence-electron chi connectivity index (χ1n) is 12.7. The summed E-state index contributed by atoms with van der Waals surface area (Å²) in [6.07, 6.45) is 4.49. The van der Waals surface area contributed by atoms with Crippen molar-refractivity contribution in [2.45, 2.75) is 58.2 Å². The van der Waals surface area contributed by atoms with Crippen molar-refractivity contribution >= 4 is 69.3 Å². The van der Waals surface area contributed by atoms with Crippen LogP contribution in [0.15, 0.2) is 72.8 Å². The molecule has 180 valence electrons. The Morgan fingerprint density at radius 1 is 0.629 bits per heavy atom. The molecule has 35 heavy (non-hydrogen) atoms. The molecule has 0 bridgehead atoms. The first kappa shape index (κ1) is 24.3. The van der Waals surface area contributed by atoms with E-state index < -0.39 is 8.07 Å². The summed E-state index contributed by atoms with van der Waals surface area (Å²) in [6.45, 7) is 14.7. The lowest BCUT2D eigenvalue weighted by Crippen LogP contribution is -2.54. The van der Waals surface area contributed by atoms with E-state index in [1.165, 1.54) is 36.4 Å². The van der Waals surface area contributed by atoms with Gasteiger partial charge in [-0.1, -0.05) is 84.0 Å². The molecule has 0 amide bonds. The molecule has 1 nitrogen and oxygen atoms in total.